The van der Waals surface area contributed by atoms with Gasteiger partial charge in [-0.1, -0.05) is 0 Å². The highest BCUT2D eigenvalue weighted by Gasteiger charge is 2.22. The van der Waals surface area contributed by atoms with Crippen molar-refractivity contribution in [2.45, 2.75) is 13.3 Å². The summed E-state index contributed by atoms with van der Waals surface area (Å²) in [7, 11) is 0. The Morgan fingerprint density at radius 3 is 1.58 bits per heavy atom. The van der Waals surface area contributed by atoms with Gasteiger partial charge in [0.05, 0.1) is 33.3 Å². The first-order chi connectivity index (χ1) is 11.8. The van der Waals surface area contributed by atoms with Crippen LogP contribution in [0.5, 0.6) is 0 Å². The molecular weight excluding hydrogens is 304 g/mol. The number of imidazole rings is 1. The number of hydrogen-bond acceptors (Lipinski definition) is 6. The van der Waals surface area contributed by atoms with Gasteiger partial charge in [-0.25, -0.2) is 9.13 Å². The van der Waals surface area contributed by atoms with Crippen LogP contribution in [-0.2, 0) is 13.3 Å². The second kappa shape index (κ2) is 5.40. The molecule has 4 aliphatic rings. The second-order valence-electron chi connectivity index (χ2n) is 6.86. The van der Waals surface area contributed by atoms with Gasteiger partial charge in [0.25, 0.3) is 0 Å². The van der Waals surface area contributed by atoms with Gasteiger partial charge in [0, 0.05) is 37.2 Å². The molecule has 8 heteroatoms. The van der Waals surface area contributed by atoms with Gasteiger partial charge < -0.3 is 29.4 Å². The van der Waals surface area contributed by atoms with E-state index in [-0.39, 0.29) is 0 Å². The molecule has 126 valence electrons. The largest absolute Gasteiger partial charge is 0.341 e. The fourth-order valence-electron chi connectivity index (χ4n) is 3.59. The van der Waals surface area contributed by atoms with E-state index in [2.05, 4.69) is 94.5 Å². The summed E-state index contributed by atoms with van der Waals surface area (Å²) in [5.41, 5.74) is 0. The summed E-state index contributed by atoms with van der Waals surface area (Å²) < 4.78 is 4.46. The van der Waals surface area contributed by atoms with Crippen molar-refractivity contribution in [2.75, 3.05) is 33.3 Å². The van der Waals surface area contributed by atoms with Gasteiger partial charge in [-0.2, -0.15) is 0 Å². The molecule has 0 spiro atoms. The van der Waals surface area contributed by atoms with Crippen LogP contribution in [0.15, 0.2) is 55.9 Å². The van der Waals surface area contributed by atoms with Gasteiger partial charge in [0.2, 0.25) is 6.33 Å². The molecule has 24 heavy (non-hydrogen) atoms. The van der Waals surface area contributed by atoms with Crippen molar-refractivity contribution in [1.82, 2.24) is 34.0 Å². The molecule has 0 amide bonds. The molecule has 0 saturated carbocycles. The molecule has 0 radical (unpaired) electrons. The zero-order valence-electron chi connectivity index (χ0n) is 13.7. The quantitative estimate of drug-likeness (QED) is 0.611. The molecule has 0 aliphatic carbocycles. The van der Waals surface area contributed by atoms with Gasteiger partial charge in [-0.3, -0.25) is 0 Å². The van der Waals surface area contributed by atoms with Crippen LogP contribution in [0.3, 0.4) is 0 Å². The van der Waals surface area contributed by atoms with Crippen molar-refractivity contribution in [3.8, 4) is 0 Å². The predicted octanol–water partition coefficient (Wildman–Crippen LogP) is -0.242. The highest BCUT2D eigenvalue weighted by Crippen LogP contribution is 2.15. The normalized spacial score (nSPS) is 22.5. The van der Waals surface area contributed by atoms with E-state index in [1.807, 2.05) is 0 Å². The molecule has 4 aliphatic heterocycles. The van der Waals surface area contributed by atoms with Crippen molar-refractivity contribution in [1.29, 1.82) is 0 Å². The number of fused-ring (bicyclic) bond motifs is 8. The van der Waals surface area contributed by atoms with Crippen LogP contribution in [0, 0.1) is 0 Å². The summed E-state index contributed by atoms with van der Waals surface area (Å²) in [5, 5.41) is 0. The molecule has 0 saturated heterocycles. The third-order valence-corrected chi connectivity index (χ3v) is 4.72. The van der Waals surface area contributed by atoms with E-state index < -0.39 is 0 Å². The Kier molecular flexibility index (Phi) is 3.07. The summed E-state index contributed by atoms with van der Waals surface area (Å²) in [6.45, 7) is 6.42. The summed E-state index contributed by atoms with van der Waals surface area (Å²) in [6.07, 6.45) is 19.6. The molecule has 0 atom stereocenters. The van der Waals surface area contributed by atoms with E-state index >= 15 is 0 Å². The number of hydrogen-bond donors (Lipinski definition) is 0. The molecule has 1 aromatic heterocycles. The fraction of sp³-hybridized carbons (Fsp3) is 0.438. The average Bonchev–Trinajstić information content (AvgIpc) is 3.32. The van der Waals surface area contributed by atoms with Crippen molar-refractivity contribution in [2.24, 2.45) is 0 Å². The Labute approximate surface area is 141 Å². The molecule has 8 nitrogen and oxygen atoms in total. The molecular formula is C16H23N8+. The molecule has 8 bridgehead atoms. The van der Waals surface area contributed by atoms with Gasteiger partial charge >= 0.3 is 0 Å². The smallest absolute Gasteiger partial charge is 0.246 e. The highest BCUT2D eigenvalue weighted by molar-refractivity contribution is 4.96. The molecule has 0 N–H and O–H groups in total. The van der Waals surface area contributed by atoms with E-state index in [4.69, 9.17) is 0 Å². The number of aromatic nitrogens is 2. The van der Waals surface area contributed by atoms with Crippen LogP contribution < -0.4 is 4.57 Å². The summed E-state index contributed by atoms with van der Waals surface area (Å²) in [5.74, 6) is 0. The van der Waals surface area contributed by atoms with Crippen LogP contribution in [0.2, 0.25) is 0 Å². The lowest BCUT2D eigenvalue weighted by molar-refractivity contribution is -0.713. The molecule has 0 aromatic carbocycles. The first-order valence-electron chi connectivity index (χ1n) is 8.34. The van der Waals surface area contributed by atoms with Gasteiger partial charge in [-0.15, -0.1) is 0 Å². The van der Waals surface area contributed by atoms with Crippen molar-refractivity contribution in [3.63, 3.8) is 0 Å². The molecule has 0 unspecified atom stereocenters. The summed E-state index contributed by atoms with van der Waals surface area (Å²) in [6, 6.07) is 0. The zero-order chi connectivity index (χ0) is 15.9. The average molecular weight is 327 g/mol. The summed E-state index contributed by atoms with van der Waals surface area (Å²) >= 11 is 0. The fourth-order valence-corrected chi connectivity index (χ4v) is 3.59. The van der Waals surface area contributed by atoms with Crippen LogP contribution in [0.4, 0.5) is 0 Å². The number of rotatable bonds is 0. The van der Waals surface area contributed by atoms with Crippen molar-refractivity contribution in [3.05, 3.63) is 55.9 Å². The van der Waals surface area contributed by atoms with Crippen LogP contribution >= 0.6 is 0 Å². The van der Waals surface area contributed by atoms with Crippen molar-refractivity contribution < 1.29 is 4.57 Å². The molecule has 5 heterocycles. The van der Waals surface area contributed by atoms with Gasteiger partial charge in [-0.05, 0) is 0 Å². The molecule has 1 aromatic rings. The van der Waals surface area contributed by atoms with Crippen LogP contribution in [0.25, 0.3) is 0 Å². The van der Waals surface area contributed by atoms with E-state index in [0.717, 1.165) is 46.7 Å². The zero-order valence-corrected chi connectivity index (χ0v) is 13.7. The standard InChI is InChI=1S/C16H23N8/c1-2-18-9-17(1)13-19-3-4-21(10-19)15-23-7-8-24(12-23)16-22-6-5-20(11-22)14-18/h1-9H,10-16H2/q+1. The number of nitrogens with zero attached hydrogens (tertiary/aromatic N) is 8. The second-order valence-corrected chi connectivity index (χ2v) is 6.86. The maximum absolute atomic E-state index is 2.35. The predicted molar refractivity (Wildman–Crippen MR) is 87.4 cm³/mol. The topological polar surface area (TPSA) is 28.2 Å². The van der Waals surface area contributed by atoms with E-state index in [1.165, 1.54) is 0 Å². The summed E-state index contributed by atoms with van der Waals surface area (Å²) in [4.78, 5) is 14.0. The maximum Gasteiger partial charge on any atom is 0.246 e. The lowest BCUT2D eigenvalue weighted by atomic mass is 10.7. The van der Waals surface area contributed by atoms with E-state index in [9.17, 15) is 0 Å². The minimum atomic E-state index is 0.879. The minimum Gasteiger partial charge on any atom is -0.341 e. The van der Waals surface area contributed by atoms with Crippen LogP contribution in [-0.4, -0.2) is 67.3 Å². The van der Waals surface area contributed by atoms with Gasteiger partial charge in [0.15, 0.2) is 13.3 Å². The lowest BCUT2D eigenvalue weighted by Crippen LogP contribution is -2.43. The van der Waals surface area contributed by atoms with Crippen LogP contribution in [0.1, 0.15) is 0 Å². The van der Waals surface area contributed by atoms with Crippen molar-refractivity contribution >= 4 is 0 Å². The molecule has 0 fully saturated rings. The third kappa shape index (κ3) is 2.64. The Morgan fingerprint density at radius 1 is 0.542 bits per heavy atom. The SMILES string of the molecule is C1=CN2CN1CN1C=CN(C1)Cn1cc[n+](c1)CN1C=CN(C2)C1. The first-order valence-corrected chi connectivity index (χ1v) is 8.34. The Hall–Kier alpha value is -2.77. The van der Waals surface area contributed by atoms with E-state index in [0.29, 0.717) is 0 Å². The maximum atomic E-state index is 2.35. The first kappa shape index (κ1) is 13.6. The lowest BCUT2D eigenvalue weighted by Gasteiger charge is -2.29. The Balaban J connectivity index is 1.36. The van der Waals surface area contributed by atoms with Gasteiger partial charge in [0.1, 0.15) is 12.4 Å². The minimum absolute atomic E-state index is 0.879. The molecule has 5 rings (SSSR count). The monoisotopic (exact) mass is 327 g/mol. The Bertz CT molecular complexity index is 638. The highest BCUT2D eigenvalue weighted by atomic mass is 15.5. The Morgan fingerprint density at radius 2 is 1.00 bits per heavy atom. The van der Waals surface area contributed by atoms with E-state index in [1.54, 1.807) is 0 Å². The third-order valence-electron chi connectivity index (χ3n) is 4.72.